The zero-order valence-electron chi connectivity index (χ0n) is 24.4. The van der Waals surface area contributed by atoms with E-state index in [-0.39, 0.29) is 30.3 Å². The monoisotopic (exact) mass is 605 g/mol. The summed E-state index contributed by atoms with van der Waals surface area (Å²) in [5, 5.41) is 0.432. The van der Waals surface area contributed by atoms with Crippen molar-refractivity contribution in [1.29, 1.82) is 0 Å². The molecular weight excluding hydrogens is 572 g/mol. The quantitative estimate of drug-likeness (QED) is 0.213. The summed E-state index contributed by atoms with van der Waals surface area (Å²) < 4.78 is 58.6. The van der Waals surface area contributed by atoms with Crippen molar-refractivity contribution in [3.63, 3.8) is 0 Å². The molecule has 2 aliphatic heterocycles. The van der Waals surface area contributed by atoms with Gasteiger partial charge in [-0.05, 0) is 42.7 Å². The normalized spacial score (nSPS) is 14.9. The largest absolute Gasteiger partial charge is 0.489 e. The van der Waals surface area contributed by atoms with Crippen molar-refractivity contribution in [3.8, 4) is 28.9 Å². The van der Waals surface area contributed by atoms with E-state index in [4.69, 9.17) is 23.7 Å². The molecule has 1 saturated heterocycles. The number of morpholine rings is 1. The molecular formula is C33H33F2N3O6. The number of aromatic nitrogens is 2. The molecule has 230 valence electrons. The number of hydrogen-bond acceptors (Lipinski definition) is 9. The highest BCUT2D eigenvalue weighted by atomic mass is 19.1. The van der Waals surface area contributed by atoms with Crippen LogP contribution in [-0.4, -0.2) is 73.3 Å². The Morgan fingerprint density at radius 1 is 0.909 bits per heavy atom. The minimum Gasteiger partial charge on any atom is -0.489 e. The van der Waals surface area contributed by atoms with Gasteiger partial charge in [0.15, 0.2) is 23.1 Å². The van der Waals surface area contributed by atoms with Crippen LogP contribution in [0, 0.1) is 18.6 Å². The third-order valence-corrected chi connectivity index (χ3v) is 7.52. The number of halogens is 2. The summed E-state index contributed by atoms with van der Waals surface area (Å²) in [4.78, 5) is 23.6. The van der Waals surface area contributed by atoms with Gasteiger partial charge < -0.3 is 23.7 Å². The second-order valence-electron chi connectivity index (χ2n) is 10.8. The molecule has 2 aliphatic rings. The maximum Gasteiger partial charge on any atom is 0.234 e. The van der Waals surface area contributed by atoms with Crippen molar-refractivity contribution in [2.24, 2.45) is 0 Å². The van der Waals surface area contributed by atoms with Crippen LogP contribution in [0.5, 0.6) is 28.9 Å². The van der Waals surface area contributed by atoms with Gasteiger partial charge in [0.05, 0.1) is 25.3 Å². The van der Waals surface area contributed by atoms with E-state index in [2.05, 4.69) is 14.9 Å². The third-order valence-electron chi connectivity index (χ3n) is 7.52. The van der Waals surface area contributed by atoms with Crippen molar-refractivity contribution in [2.75, 3.05) is 52.7 Å². The molecule has 9 nitrogen and oxygen atoms in total. The van der Waals surface area contributed by atoms with Gasteiger partial charge in [0.25, 0.3) is 0 Å². The molecule has 0 aliphatic carbocycles. The zero-order chi connectivity index (χ0) is 30.5. The number of ether oxygens (including phenoxy) is 5. The molecule has 1 fully saturated rings. The molecule has 11 heteroatoms. The average molecular weight is 606 g/mol. The molecule has 4 aromatic rings. The van der Waals surface area contributed by atoms with Crippen LogP contribution in [0.25, 0.3) is 10.9 Å². The summed E-state index contributed by atoms with van der Waals surface area (Å²) in [6.07, 6.45) is 2.03. The van der Waals surface area contributed by atoms with Crippen molar-refractivity contribution in [2.45, 2.75) is 26.2 Å². The number of carbonyl (C=O) groups excluding carboxylic acids is 1. The molecule has 0 spiro atoms. The van der Waals surface area contributed by atoms with E-state index in [0.717, 1.165) is 44.8 Å². The van der Waals surface area contributed by atoms with Crippen LogP contribution in [0.2, 0.25) is 0 Å². The Labute approximate surface area is 253 Å². The van der Waals surface area contributed by atoms with Crippen LogP contribution >= 0.6 is 0 Å². The van der Waals surface area contributed by atoms with Crippen molar-refractivity contribution < 1.29 is 37.3 Å². The lowest BCUT2D eigenvalue weighted by Gasteiger charge is -2.26. The Kier molecular flexibility index (Phi) is 9.13. The fourth-order valence-electron chi connectivity index (χ4n) is 5.34. The van der Waals surface area contributed by atoms with Gasteiger partial charge in [-0.1, -0.05) is 23.8 Å². The fraction of sp³-hybridized carbons (Fsp3) is 0.364. The van der Waals surface area contributed by atoms with Gasteiger partial charge in [0.1, 0.15) is 36.5 Å². The fourth-order valence-corrected chi connectivity index (χ4v) is 5.34. The van der Waals surface area contributed by atoms with Crippen LogP contribution in [0.3, 0.4) is 0 Å². The molecule has 44 heavy (non-hydrogen) atoms. The van der Waals surface area contributed by atoms with Gasteiger partial charge in [-0.25, -0.2) is 18.7 Å². The topological polar surface area (TPSA) is 92.2 Å². The summed E-state index contributed by atoms with van der Waals surface area (Å²) in [6, 6.07) is 10.7. The van der Waals surface area contributed by atoms with E-state index in [1.165, 1.54) is 24.5 Å². The lowest BCUT2D eigenvalue weighted by Crippen LogP contribution is -2.37. The summed E-state index contributed by atoms with van der Waals surface area (Å²) in [5.41, 5.74) is 2.13. The van der Waals surface area contributed by atoms with E-state index in [0.29, 0.717) is 59.1 Å². The molecule has 0 saturated carbocycles. The van der Waals surface area contributed by atoms with Gasteiger partial charge in [0, 0.05) is 38.5 Å². The highest BCUT2D eigenvalue weighted by Crippen LogP contribution is 2.48. The number of Topliss-reactive ketones (excluding diaryl/α,β-unsaturated/α-hetero) is 1. The second kappa shape index (κ2) is 13.5. The minimum atomic E-state index is -0.671. The Morgan fingerprint density at radius 2 is 1.73 bits per heavy atom. The predicted molar refractivity (Wildman–Crippen MR) is 158 cm³/mol. The van der Waals surface area contributed by atoms with Crippen molar-refractivity contribution >= 4 is 16.7 Å². The lowest BCUT2D eigenvalue weighted by molar-refractivity contribution is -0.117. The Bertz CT molecular complexity index is 1660. The SMILES string of the molecule is Cc1ccc(F)c(CC(=O)Cc2ccc(Oc3ncnc4cc(OCCCN5CCOCC5)c5c(c34)OCCO5)c(F)c2)c1. The molecule has 0 bridgehead atoms. The highest BCUT2D eigenvalue weighted by Gasteiger charge is 2.26. The van der Waals surface area contributed by atoms with Crippen molar-refractivity contribution in [1.82, 2.24) is 14.9 Å². The Balaban J connectivity index is 1.17. The molecule has 0 unspecified atom stereocenters. The van der Waals surface area contributed by atoms with E-state index in [9.17, 15) is 9.18 Å². The molecule has 1 aromatic heterocycles. The number of benzene rings is 3. The van der Waals surface area contributed by atoms with Gasteiger partial charge >= 0.3 is 0 Å². The lowest BCUT2D eigenvalue weighted by atomic mass is 10.0. The summed E-state index contributed by atoms with van der Waals surface area (Å²) >= 11 is 0. The summed E-state index contributed by atoms with van der Waals surface area (Å²) in [7, 11) is 0. The Hall–Kier alpha value is -4.35. The van der Waals surface area contributed by atoms with Gasteiger partial charge in [-0.3, -0.25) is 9.69 Å². The average Bonchev–Trinajstić information content (AvgIpc) is 3.03. The highest BCUT2D eigenvalue weighted by molar-refractivity contribution is 5.94. The van der Waals surface area contributed by atoms with E-state index in [1.54, 1.807) is 24.3 Å². The van der Waals surface area contributed by atoms with E-state index < -0.39 is 11.6 Å². The number of carbonyl (C=O) groups is 1. The van der Waals surface area contributed by atoms with Crippen LogP contribution < -0.4 is 18.9 Å². The van der Waals surface area contributed by atoms with E-state index >= 15 is 4.39 Å². The van der Waals surface area contributed by atoms with Gasteiger partial charge in [-0.15, -0.1) is 0 Å². The van der Waals surface area contributed by atoms with Crippen LogP contribution in [0.15, 0.2) is 48.8 Å². The molecule has 0 N–H and O–H groups in total. The molecule has 6 rings (SSSR count). The smallest absolute Gasteiger partial charge is 0.234 e. The first kappa shape index (κ1) is 29.7. The molecule has 0 radical (unpaired) electrons. The number of fused-ring (bicyclic) bond motifs is 3. The van der Waals surface area contributed by atoms with Crippen LogP contribution in [-0.2, 0) is 22.4 Å². The van der Waals surface area contributed by atoms with Crippen LogP contribution in [0.4, 0.5) is 8.78 Å². The first-order chi connectivity index (χ1) is 21.4. The maximum atomic E-state index is 15.2. The number of hydrogen-bond donors (Lipinski definition) is 0. The van der Waals surface area contributed by atoms with Gasteiger partial charge in [-0.2, -0.15) is 0 Å². The van der Waals surface area contributed by atoms with Crippen LogP contribution in [0.1, 0.15) is 23.1 Å². The number of ketones is 1. The summed E-state index contributed by atoms with van der Waals surface area (Å²) in [5.74, 6) is -0.0253. The first-order valence-corrected chi connectivity index (χ1v) is 14.7. The molecule has 0 amide bonds. The minimum absolute atomic E-state index is 0.0467. The molecule has 3 aromatic carbocycles. The van der Waals surface area contributed by atoms with Crippen molar-refractivity contribution in [3.05, 3.63) is 77.1 Å². The molecule has 0 atom stereocenters. The number of rotatable bonds is 11. The molecule has 3 heterocycles. The third kappa shape index (κ3) is 6.89. The van der Waals surface area contributed by atoms with Gasteiger partial charge in [0.2, 0.25) is 11.6 Å². The number of aryl methyl sites for hydroxylation is 1. The standard InChI is InChI=1S/C33H33F2N3O6/c1-21-3-5-25(34)23(15-21)18-24(39)16-22-4-6-28(26(35)17-22)44-33-30-27(36-20-37-33)19-29(31-32(30)43-14-13-42-31)41-10-2-7-38-8-11-40-12-9-38/h3-6,15,17,19-20H,2,7-14,16,18H2,1H3. The maximum absolute atomic E-state index is 15.2. The predicted octanol–water partition coefficient (Wildman–Crippen LogP) is 5.24. The Morgan fingerprint density at radius 3 is 2.55 bits per heavy atom. The van der Waals surface area contributed by atoms with E-state index in [1.807, 2.05) is 6.92 Å². The number of nitrogens with zero attached hydrogens (tertiary/aromatic N) is 3. The first-order valence-electron chi connectivity index (χ1n) is 14.7. The second-order valence-corrected chi connectivity index (χ2v) is 10.8. The zero-order valence-corrected chi connectivity index (χ0v) is 24.4. The summed E-state index contributed by atoms with van der Waals surface area (Å²) in [6.45, 7) is 7.19.